The largest absolute Gasteiger partial charge is 0.381 e. The molecule has 0 radical (unpaired) electrons. The summed E-state index contributed by atoms with van der Waals surface area (Å²) >= 11 is 3.50. The van der Waals surface area contributed by atoms with E-state index in [1.54, 1.807) is 0 Å². The molecule has 0 saturated carbocycles. The Balaban J connectivity index is 2.64. The van der Waals surface area contributed by atoms with E-state index in [1.807, 2.05) is 22.9 Å². The number of nitrogens with two attached hydrogens (primary N) is 1. The van der Waals surface area contributed by atoms with Crippen LogP contribution in [0, 0.1) is 0 Å². The highest BCUT2D eigenvalue weighted by Gasteiger charge is 2.16. The highest BCUT2D eigenvalue weighted by molar-refractivity contribution is 9.10. The van der Waals surface area contributed by atoms with E-state index in [-0.39, 0.29) is 6.04 Å². The van der Waals surface area contributed by atoms with E-state index >= 15 is 0 Å². The first kappa shape index (κ1) is 11.2. The number of hydrogen-bond donors (Lipinski definition) is 1. The summed E-state index contributed by atoms with van der Waals surface area (Å²) in [5.74, 6) is 0.535. The SMILES string of the molecule is CC(C)n1nc(N)c(Br)c1-c1ccccc1. The van der Waals surface area contributed by atoms with E-state index in [4.69, 9.17) is 5.73 Å². The molecule has 0 amide bonds. The molecule has 0 bridgehead atoms. The smallest absolute Gasteiger partial charge is 0.160 e. The number of benzene rings is 1. The molecule has 1 heterocycles. The topological polar surface area (TPSA) is 43.8 Å². The van der Waals surface area contributed by atoms with E-state index in [0.717, 1.165) is 15.7 Å². The van der Waals surface area contributed by atoms with Crippen molar-refractivity contribution in [2.24, 2.45) is 0 Å². The second-order valence-electron chi connectivity index (χ2n) is 3.95. The molecule has 16 heavy (non-hydrogen) atoms. The number of hydrogen-bond acceptors (Lipinski definition) is 2. The van der Waals surface area contributed by atoms with Crippen LogP contribution in [-0.2, 0) is 0 Å². The van der Waals surface area contributed by atoms with Crippen LogP contribution in [0.4, 0.5) is 5.82 Å². The fraction of sp³-hybridized carbons (Fsp3) is 0.250. The monoisotopic (exact) mass is 279 g/mol. The fourth-order valence-electron chi connectivity index (χ4n) is 1.66. The summed E-state index contributed by atoms with van der Waals surface area (Å²) in [6.45, 7) is 4.18. The molecule has 0 saturated heterocycles. The van der Waals surface area contributed by atoms with E-state index in [0.29, 0.717) is 5.82 Å². The van der Waals surface area contributed by atoms with Crippen molar-refractivity contribution in [1.82, 2.24) is 9.78 Å². The Hall–Kier alpha value is -1.29. The van der Waals surface area contributed by atoms with Crippen molar-refractivity contribution in [3.05, 3.63) is 34.8 Å². The number of rotatable bonds is 2. The summed E-state index contributed by atoms with van der Waals surface area (Å²) in [5, 5.41) is 4.33. The summed E-state index contributed by atoms with van der Waals surface area (Å²) in [6, 6.07) is 10.4. The molecular weight excluding hydrogens is 266 g/mol. The molecule has 0 spiro atoms. The number of nitrogens with zero attached hydrogens (tertiary/aromatic N) is 2. The summed E-state index contributed by atoms with van der Waals surface area (Å²) in [4.78, 5) is 0. The lowest BCUT2D eigenvalue weighted by molar-refractivity contribution is 0.540. The minimum atomic E-state index is 0.281. The van der Waals surface area contributed by atoms with Crippen molar-refractivity contribution in [3.8, 4) is 11.3 Å². The first-order valence-electron chi connectivity index (χ1n) is 5.20. The van der Waals surface area contributed by atoms with Crippen molar-refractivity contribution >= 4 is 21.7 Å². The number of halogens is 1. The summed E-state index contributed by atoms with van der Waals surface area (Å²) in [5.41, 5.74) is 7.99. The van der Waals surface area contributed by atoms with Crippen LogP contribution in [0.1, 0.15) is 19.9 Å². The van der Waals surface area contributed by atoms with Crippen LogP contribution in [-0.4, -0.2) is 9.78 Å². The standard InChI is InChI=1S/C12H14BrN3/c1-8(2)16-11(10(13)12(14)15-16)9-6-4-3-5-7-9/h3-8H,1-2H3,(H2,14,15). The number of nitrogen functional groups attached to an aromatic ring is 1. The molecule has 0 aliphatic carbocycles. The molecule has 0 aliphatic heterocycles. The molecule has 2 rings (SSSR count). The van der Waals surface area contributed by atoms with E-state index < -0.39 is 0 Å². The van der Waals surface area contributed by atoms with E-state index in [2.05, 4.69) is 47.0 Å². The third kappa shape index (κ3) is 1.85. The van der Waals surface area contributed by atoms with Gasteiger partial charge in [0.25, 0.3) is 0 Å². The molecule has 2 N–H and O–H groups in total. The molecule has 2 aromatic rings. The number of anilines is 1. The lowest BCUT2D eigenvalue weighted by atomic mass is 10.1. The van der Waals surface area contributed by atoms with Gasteiger partial charge in [-0.1, -0.05) is 30.3 Å². The first-order valence-corrected chi connectivity index (χ1v) is 5.99. The van der Waals surface area contributed by atoms with Crippen molar-refractivity contribution in [2.75, 3.05) is 5.73 Å². The van der Waals surface area contributed by atoms with Gasteiger partial charge in [0.15, 0.2) is 5.82 Å². The third-order valence-electron chi connectivity index (χ3n) is 2.41. The van der Waals surface area contributed by atoms with Gasteiger partial charge >= 0.3 is 0 Å². The lowest BCUT2D eigenvalue weighted by Gasteiger charge is -2.11. The molecule has 0 fully saturated rings. The van der Waals surface area contributed by atoms with Crippen LogP contribution in [0.5, 0.6) is 0 Å². The van der Waals surface area contributed by atoms with Crippen molar-refractivity contribution < 1.29 is 0 Å². The fourth-order valence-corrected chi connectivity index (χ4v) is 2.15. The first-order chi connectivity index (χ1) is 7.61. The molecule has 84 valence electrons. The molecule has 1 aromatic heterocycles. The quantitative estimate of drug-likeness (QED) is 0.915. The molecule has 3 nitrogen and oxygen atoms in total. The van der Waals surface area contributed by atoms with Crippen molar-refractivity contribution in [3.63, 3.8) is 0 Å². The zero-order valence-electron chi connectivity index (χ0n) is 9.31. The Labute approximate surface area is 103 Å². The Kier molecular flexibility index (Phi) is 3.01. The average Bonchev–Trinajstić information content (AvgIpc) is 2.57. The van der Waals surface area contributed by atoms with Crippen LogP contribution in [0.25, 0.3) is 11.3 Å². The van der Waals surface area contributed by atoms with Crippen LogP contribution in [0.3, 0.4) is 0 Å². The molecule has 4 heteroatoms. The van der Waals surface area contributed by atoms with Gasteiger partial charge in [0, 0.05) is 11.6 Å². The van der Waals surface area contributed by atoms with Gasteiger partial charge in [0.2, 0.25) is 0 Å². The van der Waals surface area contributed by atoms with Gasteiger partial charge in [-0.15, -0.1) is 0 Å². The predicted octanol–water partition coefficient (Wildman–Crippen LogP) is 3.48. The maximum Gasteiger partial charge on any atom is 0.160 e. The average molecular weight is 280 g/mol. The van der Waals surface area contributed by atoms with E-state index in [9.17, 15) is 0 Å². The van der Waals surface area contributed by atoms with Gasteiger partial charge < -0.3 is 5.73 Å². The zero-order valence-corrected chi connectivity index (χ0v) is 10.9. The second-order valence-corrected chi connectivity index (χ2v) is 4.75. The third-order valence-corrected chi connectivity index (χ3v) is 3.20. The Morgan fingerprint density at radius 1 is 1.25 bits per heavy atom. The van der Waals surface area contributed by atoms with Crippen molar-refractivity contribution in [2.45, 2.75) is 19.9 Å². The number of aromatic nitrogens is 2. The summed E-state index contributed by atoms with van der Waals surface area (Å²) in [7, 11) is 0. The van der Waals surface area contributed by atoms with Gasteiger partial charge in [-0.05, 0) is 29.8 Å². The van der Waals surface area contributed by atoms with Crippen LogP contribution < -0.4 is 5.73 Å². The molecule has 0 unspecified atom stereocenters. The van der Waals surface area contributed by atoms with Gasteiger partial charge in [-0.25, -0.2) is 0 Å². The molecule has 1 aromatic carbocycles. The zero-order chi connectivity index (χ0) is 11.7. The maximum atomic E-state index is 5.84. The minimum Gasteiger partial charge on any atom is -0.381 e. The highest BCUT2D eigenvalue weighted by atomic mass is 79.9. The Morgan fingerprint density at radius 3 is 2.44 bits per heavy atom. The highest BCUT2D eigenvalue weighted by Crippen LogP contribution is 2.34. The van der Waals surface area contributed by atoms with Crippen molar-refractivity contribution in [1.29, 1.82) is 0 Å². The van der Waals surface area contributed by atoms with E-state index in [1.165, 1.54) is 0 Å². The van der Waals surface area contributed by atoms with Crippen LogP contribution in [0.15, 0.2) is 34.8 Å². The summed E-state index contributed by atoms with van der Waals surface area (Å²) in [6.07, 6.45) is 0. The Bertz CT molecular complexity index is 488. The normalized spacial score (nSPS) is 11.0. The van der Waals surface area contributed by atoms with Gasteiger partial charge in [0.05, 0.1) is 10.2 Å². The van der Waals surface area contributed by atoms with Gasteiger partial charge in [-0.2, -0.15) is 5.10 Å². The molecule has 0 aliphatic rings. The second kappa shape index (κ2) is 4.29. The van der Waals surface area contributed by atoms with Crippen LogP contribution in [0.2, 0.25) is 0 Å². The predicted molar refractivity (Wildman–Crippen MR) is 70.2 cm³/mol. The van der Waals surface area contributed by atoms with Crippen LogP contribution >= 0.6 is 15.9 Å². The molecular formula is C12H14BrN3. The summed E-state index contributed by atoms with van der Waals surface area (Å²) < 4.78 is 2.81. The lowest BCUT2D eigenvalue weighted by Crippen LogP contribution is -2.05. The Morgan fingerprint density at radius 2 is 1.88 bits per heavy atom. The van der Waals surface area contributed by atoms with Gasteiger partial charge in [-0.3, -0.25) is 4.68 Å². The maximum absolute atomic E-state index is 5.84. The molecule has 0 atom stereocenters. The van der Waals surface area contributed by atoms with Gasteiger partial charge in [0.1, 0.15) is 0 Å². The minimum absolute atomic E-state index is 0.281.